The summed E-state index contributed by atoms with van der Waals surface area (Å²) in [5.74, 6) is -3.32. The second kappa shape index (κ2) is 13.1. The first-order chi connectivity index (χ1) is 18.5. The van der Waals surface area contributed by atoms with Crippen LogP contribution >= 0.6 is 0 Å². The molecule has 0 saturated carbocycles. The second-order valence-corrected chi connectivity index (χ2v) is 9.83. The molecule has 3 aromatic rings. The fourth-order valence-electron chi connectivity index (χ4n) is 3.31. The summed E-state index contributed by atoms with van der Waals surface area (Å²) in [6.45, 7) is -0.211. The van der Waals surface area contributed by atoms with Crippen molar-refractivity contribution in [3.05, 3.63) is 66.5 Å². The van der Waals surface area contributed by atoms with E-state index in [1.807, 2.05) is 0 Å². The number of nitrogens with one attached hydrogen (secondary N) is 6. The monoisotopic (exact) mass is 564 g/mol. The molecular formula is C22H25FN8O7S. The maximum atomic E-state index is 13.1. The van der Waals surface area contributed by atoms with Crippen molar-refractivity contribution in [1.29, 1.82) is 0 Å². The van der Waals surface area contributed by atoms with E-state index in [0.29, 0.717) is 11.4 Å². The Balaban J connectivity index is 1.56. The molecule has 0 saturated heterocycles. The number of H-pyrrole nitrogens is 2. The topological polar surface area (TPSA) is 228 Å². The molecule has 208 valence electrons. The number of benzene rings is 1. The van der Waals surface area contributed by atoms with Crippen LogP contribution in [-0.4, -0.2) is 75.9 Å². The fourth-order valence-corrected chi connectivity index (χ4v) is 4.23. The number of carbonyl (C=O) groups is 4. The third kappa shape index (κ3) is 8.92. The van der Waals surface area contributed by atoms with Crippen LogP contribution in [0, 0.1) is 5.82 Å². The number of sulfonamides is 1. The number of hydrogen-bond acceptors (Lipinski definition) is 8. The molecule has 0 unspecified atom stereocenters. The fraction of sp³-hybridized carbons (Fsp3) is 0.273. The zero-order valence-electron chi connectivity index (χ0n) is 20.2. The number of aliphatic carboxylic acids is 1. The van der Waals surface area contributed by atoms with E-state index in [0.717, 1.165) is 24.3 Å². The van der Waals surface area contributed by atoms with Gasteiger partial charge in [-0.1, -0.05) is 0 Å². The number of hydrogen-bond donors (Lipinski definition) is 7. The number of aromatic nitrogens is 4. The van der Waals surface area contributed by atoms with E-state index in [1.54, 1.807) is 4.72 Å². The zero-order valence-corrected chi connectivity index (χ0v) is 21.0. The molecule has 0 bridgehead atoms. The first kappa shape index (κ1) is 28.8. The van der Waals surface area contributed by atoms with Gasteiger partial charge in [0.15, 0.2) is 0 Å². The lowest BCUT2D eigenvalue weighted by molar-refractivity contribution is -0.141. The molecule has 7 N–H and O–H groups in total. The molecule has 0 fully saturated rings. The van der Waals surface area contributed by atoms with E-state index >= 15 is 0 Å². The van der Waals surface area contributed by atoms with Gasteiger partial charge in [-0.2, -0.15) is 0 Å². The van der Waals surface area contributed by atoms with Crippen LogP contribution in [0.25, 0.3) is 0 Å². The molecule has 0 radical (unpaired) electrons. The van der Waals surface area contributed by atoms with Crippen molar-refractivity contribution in [2.45, 2.75) is 36.2 Å². The maximum Gasteiger partial charge on any atom is 0.329 e. The number of nitrogens with zero attached hydrogens (tertiary/aromatic N) is 2. The first-order valence-corrected chi connectivity index (χ1v) is 12.8. The molecule has 15 nitrogen and oxygen atoms in total. The number of carbonyl (C=O) groups excluding carboxylic acids is 3. The Morgan fingerprint density at radius 2 is 1.51 bits per heavy atom. The van der Waals surface area contributed by atoms with Gasteiger partial charge < -0.3 is 31.0 Å². The van der Waals surface area contributed by atoms with Crippen molar-refractivity contribution in [2.75, 3.05) is 6.54 Å². The second-order valence-electron chi connectivity index (χ2n) is 8.15. The molecule has 0 aliphatic carbocycles. The Labute approximate surface area is 221 Å². The summed E-state index contributed by atoms with van der Waals surface area (Å²) in [7, 11) is -4.36. The van der Waals surface area contributed by atoms with Gasteiger partial charge in [-0.3, -0.25) is 9.59 Å². The van der Waals surface area contributed by atoms with Gasteiger partial charge in [0.05, 0.1) is 17.6 Å². The highest BCUT2D eigenvalue weighted by atomic mass is 32.2. The van der Waals surface area contributed by atoms with Crippen molar-refractivity contribution >= 4 is 33.8 Å². The van der Waals surface area contributed by atoms with Crippen LogP contribution in [0.5, 0.6) is 0 Å². The minimum Gasteiger partial charge on any atom is -0.480 e. The van der Waals surface area contributed by atoms with E-state index in [2.05, 4.69) is 35.9 Å². The standard InChI is InChI=1S/C22H25FN8O7S/c23-13-1-3-16(4-2-13)39(37,38)31-22(36)30-17(7-14-9-24-11-27-14)20(33)26-6-5-19(32)29-18(21(34)35)8-15-10-25-12-28-15/h1-4,9-12,17-18H,5-8H2,(H,24,27)(H,25,28)(H,26,33)(H,29,32)(H,34,35)(H2,30,31,36)/t17-,18-/m0/s1. The summed E-state index contributed by atoms with van der Waals surface area (Å²) < 4.78 is 39.7. The van der Waals surface area contributed by atoms with Gasteiger partial charge >= 0.3 is 12.0 Å². The van der Waals surface area contributed by atoms with E-state index in [4.69, 9.17) is 0 Å². The molecule has 2 aromatic heterocycles. The first-order valence-electron chi connectivity index (χ1n) is 11.4. The summed E-state index contributed by atoms with van der Waals surface area (Å²) in [6.07, 6.45) is 5.13. The third-order valence-corrected chi connectivity index (χ3v) is 6.56. The summed E-state index contributed by atoms with van der Waals surface area (Å²) >= 11 is 0. The number of carboxylic acids is 1. The van der Waals surface area contributed by atoms with Gasteiger partial charge in [0.1, 0.15) is 17.9 Å². The quantitative estimate of drug-likeness (QED) is 0.137. The van der Waals surface area contributed by atoms with Crippen LogP contribution in [-0.2, 0) is 37.2 Å². The molecule has 0 aliphatic heterocycles. The van der Waals surface area contributed by atoms with E-state index in [-0.39, 0.29) is 30.7 Å². The number of carboxylic acid groups (broad SMARTS) is 1. The van der Waals surface area contributed by atoms with Crippen LogP contribution in [0.1, 0.15) is 17.8 Å². The highest BCUT2D eigenvalue weighted by Crippen LogP contribution is 2.09. The molecule has 39 heavy (non-hydrogen) atoms. The van der Waals surface area contributed by atoms with Gasteiger partial charge in [-0.25, -0.2) is 37.1 Å². The van der Waals surface area contributed by atoms with Gasteiger partial charge in [0.25, 0.3) is 10.0 Å². The largest absolute Gasteiger partial charge is 0.480 e. The molecular weight excluding hydrogens is 539 g/mol. The normalized spacial score (nSPS) is 12.6. The number of urea groups is 1. The molecule has 3 rings (SSSR count). The van der Waals surface area contributed by atoms with Crippen LogP contribution in [0.15, 0.2) is 54.2 Å². The Hall–Kier alpha value is -4.80. The highest BCUT2D eigenvalue weighted by Gasteiger charge is 2.26. The zero-order chi connectivity index (χ0) is 28.4. The lowest BCUT2D eigenvalue weighted by Crippen LogP contribution is -2.52. The molecule has 2 atom stereocenters. The number of halogens is 1. The van der Waals surface area contributed by atoms with E-state index in [1.165, 1.54) is 25.0 Å². The number of rotatable bonds is 13. The third-order valence-electron chi connectivity index (χ3n) is 5.22. The van der Waals surface area contributed by atoms with Crippen molar-refractivity contribution in [3.8, 4) is 0 Å². The average molecular weight is 565 g/mol. The Kier molecular flexibility index (Phi) is 9.69. The maximum absolute atomic E-state index is 13.1. The molecule has 4 amide bonds. The van der Waals surface area contributed by atoms with Gasteiger partial charge in [0, 0.05) is 49.6 Å². The minimum atomic E-state index is -4.36. The summed E-state index contributed by atoms with van der Waals surface area (Å²) in [6, 6.07) is 0.0166. The Morgan fingerprint density at radius 3 is 2.05 bits per heavy atom. The van der Waals surface area contributed by atoms with Gasteiger partial charge in [0.2, 0.25) is 11.8 Å². The van der Waals surface area contributed by atoms with Crippen LogP contribution < -0.4 is 20.7 Å². The van der Waals surface area contributed by atoms with E-state index in [9.17, 15) is 37.1 Å². The molecule has 0 spiro atoms. The van der Waals surface area contributed by atoms with Crippen molar-refractivity contribution in [1.82, 2.24) is 40.6 Å². The van der Waals surface area contributed by atoms with Gasteiger partial charge in [-0.05, 0) is 24.3 Å². The lowest BCUT2D eigenvalue weighted by Gasteiger charge is -2.19. The SMILES string of the molecule is O=C(CCNC(=O)[C@H](Cc1cnc[nH]1)NC(=O)NS(=O)(=O)c1ccc(F)cc1)N[C@@H](Cc1cnc[nH]1)C(=O)O. The molecule has 1 aromatic carbocycles. The van der Waals surface area contributed by atoms with Gasteiger partial charge in [-0.15, -0.1) is 0 Å². The molecule has 0 aliphatic rings. The van der Waals surface area contributed by atoms with Crippen molar-refractivity contribution < 1.29 is 37.1 Å². The summed E-state index contributed by atoms with van der Waals surface area (Å²) in [5.41, 5.74) is 0.945. The molecule has 2 heterocycles. The summed E-state index contributed by atoms with van der Waals surface area (Å²) in [4.78, 5) is 61.7. The van der Waals surface area contributed by atoms with Crippen molar-refractivity contribution in [3.63, 3.8) is 0 Å². The van der Waals surface area contributed by atoms with Crippen LogP contribution in [0.4, 0.5) is 9.18 Å². The number of amides is 4. The minimum absolute atomic E-state index is 0.0282. The van der Waals surface area contributed by atoms with Crippen LogP contribution in [0.3, 0.4) is 0 Å². The Bertz CT molecular complexity index is 1380. The van der Waals surface area contributed by atoms with E-state index < -0.39 is 51.7 Å². The number of imidazole rings is 2. The predicted octanol–water partition coefficient (Wildman–Crippen LogP) is -0.810. The number of aromatic amines is 2. The average Bonchev–Trinajstić information content (AvgIpc) is 3.57. The van der Waals surface area contributed by atoms with Crippen LogP contribution in [0.2, 0.25) is 0 Å². The smallest absolute Gasteiger partial charge is 0.329 e. The Morgan fingerprint density at radius 1 is 0.923 bits per heavy atom. The summed E-state index contributed by atoms with van der Waals surface area (Å²) in [5, 5.41) is 16.4. The predicted molar refractivity (Wildman–Crippen MR) is 131 cm³/mol. The lowest BCUT2D eigenvalue weighted by atomic mass is 10.1. The molecule has 17 heteroatoms. The van der Waals surface area contributed by atoms with Crippen molar-refractivity contribution in [2.24, 2.45) is 0 Å². The highest BCUT2D eigenvalue weighted by molar-refractivity contribution is 7.90.